The van der Waals surface area contributed by atoms with Gasteiger partial charge in [-0.25, -0.2) is 8.78 Å². The van der Waals surface area contributed by atoms with Crippen LogP contribution in [0.5, 0.6) is 0 Å². The first kappa shape index (κ1) is 14.4. The van der Waals surface area contributed by atoms with Crippen LogP contribution in [0.1, 0.15) is 11.1 Å². The van der Waals surface area contributed by atoms with E-state index in [1.165, 1.54) is 24.3 Å². The Balaban J connectivity index is 2.47. The standard InChI is InChI=1S/C11H12F4N2O/c12-10(13)11(14,15)6-18-5-7-1-3-8(4-2-7)9(16)17/h1-4,10H,5-6H2,(H3,16,17). The summed E-state index contributed by atoms with van der Waals surface area (Å²) in [5.74, 6) is -4.26. The molecule has 0 aliphatic heterocycles. The first-order valence-corrected chi connectivity index (χ1v) is 5.00. The number of nitrogens with one attached hydrogen (secondary N) is 1. The van der Waals surface area contributed by atoms with Crippen molar-refractivity contribution in [2.45, 2.75) is 19.0 Å². The smallest absolute Gasteiger partial charge is 0.330 e. The Morgan fingerprint density at radius 3 is 2.28 bits per heavy atom. The van der Waals surface area contributed by atoms with E-state index in [2.05, 4.69) is 4.74 Å². The predicted octanol–water partition coefficient (Wildman–Crippen LogP) is 2.39. The van der Waals surface area contributed by atoms with Crippen molar-refractivity contribution < 1.29 is 22.3 Å². The highest BCUT2D eigenvalue weighted by atomic mass is 19.3. The third kappa shape index (κ3) is 3.99. The maximum absolute atomic E-state index is 12.5. The molecule has 0 spiro atoms. The van der Waals surface area contributed by atoms with E-state index < -0.39 is 19.0 Å². The molecule has 0 aromatic heterocycles. The van der Waals surface area contributed by atoms with Gasteiger partial charge in [-0.05, 0) is 5.56 Å². The minimum atomic E-state index is -4.14. The van der Waals surface area contributed by atoms with Gasteiger partial charge in [0, 0.05) is 5.56 Å². The van der Waals surface area contributed by atoms with E-state index in [0.29, 0.717) is 11.1 Å². The van der Waals surface area contributed by atoms with Gasteiger partial charge in [-0.3, -0.25) is 5.41 Å². The maximum Gasteiger partial charge on any atom is 0.330 e. The monoisotopic (exact) mass is 264 g/mol. The molecule has 1 aromatic rings. The zero-order valence-corrected chi connectivity index (χ0v) is 9.30. The molecule has 0 saturated carbocycles. The van der Waals surface area contributed by atoms with Gasteiger partial charge in [0.1, 0.15) is 12.4 Å². The van der Waals surface area contributed by atoms with Crippen LogP contribution in [0.2, 0.25) is 0 Å². The lowest BCUT2D eigenvalue weighted by atomic mass is 10.1. The molecule has 0 saturated heterocycles. The van der Waals surface area contributed by atoms with Crippen molar-refractivity contribution in [1.82, 2.24) is 0 Å². The van der Waals surface area contributed by atoms with Crippen molar-refractivity contribution in [1.29, 1.82) is 5.41 Å². The molecule has 3 N–H and O–H groups in total. The number of rotatable bonds is 6. The lowest BCUT2D eigenvalue weighted by Gasteiger charge is -2.15. The summed E-state index contributed by atoms with van der Waals surface area (Å²) in [7, 11) is 0. The second-order valence-electron chi connectivity index (χ2n) is 3.67. The number of ether oxygens (including phenoxy) is 1. The number of amidine groups is 1. The number of nitrogens with two attached hydrogens (primary N) is 1. The highest BCUT2D eigenvalue weighted by molar-refractivity contribution is 5.94. The zero-order valence-electron chi connectivity index (χ0n) is 9.30. The van der Waals surface area contributed by atoms with E-state index in [1.54, 1.807) is 0 Å². The largest absolute Gasteiger partial charge is 0.384 e. The number of hydrogen-bond acceptors (Lipinski definition) is 2. The number of nitrogen functional groups attached to an aromatic ring is 1. The summed E-state index contributed by atoms with van der Waals surface area (Å²) in [6.45, 7) is -1.54. The molecule has 3 nitrogen and oxygen atoms in total. The average molecular weight is 264 g/mol. The van der Waals surface area contributed by atoms with Gasteiger partial charge in [0.2, 0.25) is 0 Å². The van der Waals surface area contributed by atoms with Crippen molar-refractivity contribution in [3.63, 3.8) is 0 Å². The molecule has 0 radical (unpaired) electrons. The fourth-order valence-corrected chi connectivity index (χ4v) is 1.15. The van der Waals surface area contributed by atoms with E-state index >= 15 is 0 Å². The normalized spacial score (nSPS) is 11.8. The summed E-state index contributed by atoms with van der Waals surface area (Å²) in [6.07, 6.45) is -3.74. The van der Waals surface area contributed by atoms with Crippen molar-refractivity contribution in [3.05, 3.63) is 35.4 Å². The lowest BCUT2D eigenvalue weighted by Crippen LogP contribution is -2.32. The molecule has 1 rings (SSSR count). The molecule has 0 bridgehead atoms. The van der Waals surface area contributed by atoms with Gasteiger partial charge in [-0.2, -0.15) is 8.78 Å². The molecule has 0 aliphatic rings. The third-order valence-electron chi connectivity index (χ3n) is 2.15. The molecule has 18 heavy (non-hydrogen) atoms. The van der Waals surface area contributed by atoms with E-state index in [1.807, 2.05) is 0 Å². The third-order valence-corrected chi connectivity index (χ3v) is 2.15. The summed E-state index contributed by atoms with van der Waals surface area (Å²) in [4.78, 5) is 0. The van der Waals surface area contributed by atoms with Gasteiger partial charge in [0.25, 0.3) is 0 Å². The van der Waals surface area contributed by atoms with E-state index in [-0.39, 0.29) is 12.4 Å². The van der Waals surface area contributed by atoms with Crippen LogP contribution in [-0.4, -0.2) is 24.8 Å². The summed E-state index contributed by atoms with van der Waals surface area (Å²) >= 11 is 0. The summed E-state index contributed by atoms with van der Waals surface area (Å²) in [6, 6.07) is 6.09. The molecule has 0 unspecified atom stereocenters. The summed E-state index contributed by atoms with van der Waals surface area (Å²) in [5, 5.41) is 7.14. The minimum Gasteiger partial charge on any atom is -0.384 e. The molecule has 7 heteroatoms. The Hall–Kier alpha value is -1.63. The molecule has 0 fully saturated rings. The maximum atomic E-state index is 12.5. The fourth-order valence-electron chi connectivity index (χ4n) is 1.15. The Labute approximate surface area is 101 Å². The van der Waals surface area contributed by atoms with Gasteiger partial charge < -0.3 is 10.5 Å². The fraction of sp³-hybridized carbons (Fsp3) is 0.364. The van der Waals surface area contributed by atoms with Crippen LogP contribution in [0.3, 0.4) is 0 Å². The Morgan fingerprint density at radius 1 is 1.28 bits per heavy atom. The Kier molecular flexibility index (Phi) is 4.66. The first-order valence-electron chi connectivity index (χ1n) is 5.00. The van der Waals surface area contributed by atoms with Gasteiger partial charge >= 0.3 is 12.3 Å². The van der Waals surface area contributed by atoms with Crippen LogP contribution in [0.25, 0.3) is 0 Å². The van der Waals surface area contributed by atoms with E-state index in [0.717, 1.165) is 0 Å². The van der Waals surface area contributed by atoms with Gasteiger partial charge in [-0.1, -0.05) is 24.3 Å². The molecule has 0 heterocycles. The predicted molar refractivity (Wildman–Crippen MR) is 58.1 cm³/mol. The molecule has 1 aromatic carbocycles. The SMILES string of the molecule is N=C(N)c1ccc(COCC(F)(F)C(F)F)cc1. The van der Waals surface area contributed by atoms with Gasteiger partial charge in [0.05, 0.1) is 6.61 Å². The van der Waals surface area contributed by atoms with Crippen molar-refractivity contribution >= 4 is 5.84 Å². The van der Waals surface area contributed by atoms with Crippen LogP contribution in [0, 0.1) is 5.41 Å². The van der Waals surface area contributed by atoms with Crippen molar-refractivity contribution in [2.75, 3.05) is 6.61 Å². The Morgan fingerprint density at radius 2 is 1.83 bits per heavy atom. The molecule has 0 atom stereocenters. The molecule has 0 aliphatic carbocycles. The molecular formula is C11H12F4N2O. The first-order chi connectivity index (χ1) is 8.33. The topological polar surface area (TPSA) is 59.1 Å². The van der Waals surface area contributed by atoms with Gasteiger partial charge in [-0.15, -0.1) is 0 Å². The minimum absolute atomic E-state index is 0.119. The second kappa shape index (κ2) is 5.81. The van der Waals surface area contributed by atoms with Crippen LogP contribution in [0.15, 0.2) is 24.3 Å². The number of benzene rings is 1. The highest BCUT2D eigenvalue weighted by Gasteiger charge is 2.40. The van der Waals surface area contributed by atoms with Gasteiger partial charge in [0.15, 0.2) is 0 Å². The molecule has 0 amide bonds. The lowest BCUT2D eigenvalue weighted by molar-refractivity contribution is -0.168. The molecular weight excluding hydrogens is 252 g/mol. The highest BCUT2D eigenvalue weighted by Crippen LogP contribution is 2.23. The second-order valence-corrected chi connectivity index (χ2v) is 3.67. The van der Waals surface area contributed by atoms with Crippen LogP contribution in [0.4, 0.5) is 17.6 Å². The Bertz CT molecular complexity index is 406. The van der Waals surface area contributed by atoms with Crippen LogP contribution < -0.4 is 5.73 Å². The zero-order chi connectivity index (χ0) is 13.8. The average Bonchev–Trinajstić information content (AvgIpc) is 2.29. The van der Waals surface area contributed by atoms with E-state index in [9.17, 15) is 17.6 Å². The number of hydrogen-bond donors (Lipinski definition) is 2. The quantitative estimate of drug-likeness (QED) is 0.471. The summed E-state index contributed by atoms with van der Waals surface area (Å²) in [5.41, 5.74) is 6.24. The number of alkyl halides is 4. The van der Waals surface area contributed by atoms with Crippen LogP contribution in [-0.2, 0) is 11.3 Å². The summed E-state index contributed by atoms with van der Waals surface area (Å²) < 4.78 is 53.2. The number of halogens is 4. The molecule has 100 valence electrons. The van der Waals surface area contributed by atoms with Crippen LogP contribution >= 0.6 is 0 Å². The van der Waals surface area contributed by atoms with Crippen molar-refractivity contribution in [3.8, 4) is 0 Å². The van der Waals surface area contributed by atoms with E-state index in [4.69, 9.17) is 11.1 Å². The van der Waals surface area contributed by atoms with Crippen molar-refractivity contribution in [2.24, 2.45) is 5.73 Å².